The number of para-hydroxylation sites is 1. The van der Waals surface area contributed by atoms with E-state index in [0.29, 0.717) is 0 Å². The number of nitrogens with two attached hydrogens (primary N) is 2. The van der Waals surface area contributed by atoms with Crippen LogP contribution in [0.2, 0.25) is 0 Å². The van der Waals surface area contributed by atoms with Crippen molar-refractivity contribution in [3.63, 3.8) is 0 Å². The molecule has 1 unspecified atom stereocenters. The number of benzene rings is 1. The normalized spacial score (nSPS) is 26.5. The number of carbonyl (C=O) groups excluding carboxylic acids is 1. The smallest absolute Gasteiger partial charge is 0.459 e. The number of nitrogens with zero attached hydrogens (tertiary/aromatic N) is 2. The van der Waals surface area contributed by atoms with Crippen LogP contribution in [0.5, 0.6) is 5.75 Å². The van der Waals surface area contributed by atoms with Gasteiger partial charge in [-0.1, -0.05) is 18.2 Å². The van der Waals surface area contributed by atoms with E-state index in [1.54, 1.807) is 32.0 Å². The number of aliphatic hydroxyl groups is 1. The molecule has 0 bridgehead atoms. The van der Waals surface area contributed by atoms with Gasteiger partial charge in [-0.25, -0.2) is 13.8 Å². The Morgan fingerprint density at radius 2 is 1.95 bits per heavy atom. The van der Waals surface area contributed by atoms with E-state index in [4.69, 9.17) is 30.0 Å². The third-order valence-corrected chi connectivity index (χ3v) is 7.50. The van der Waals surface area contributed by atoms with Gasteiger partial charge in [-0.3, -0.25) is 13.9 Å². The molecule has 0 aliphatic carbocycles. The molecule has 38 heavy (non-hydrogen) atoms. The molecule has 0 spiro atoms. The molecule has 1 fully saturated rings. The lowest BCUT2D eigenvalue weighted by molar-refractivity contribution is -0.149. The van der Waals surface area contributed by atoms with Gasteiger partial charge in [0.25, 0.3) is 0 Å². The SMILES string of the molecule is CC(C)OC(=O)[C@H](C)N[P@@](=O)(Oc1ccccc1)O[C@@H](C)[C@H]1O[C@@H](n2ccc(N)nc2=O)[C@@](N)(CF)C1O. The fraction of sp³-hybridized carbons (Fsp3) is 0.522. The number of halogens is 1. The molecule has 6 N–H and O–H groups in total. The van der Waals surface area contributed by atoms with Gasteiger partial charge in [0.05, 0.1) is 12.2 Å². The molecule has 2 aromatic rings. The summed E-state index contributed by atoms with van der Waals surface area (Å²) < 4.78 is 51.2. The van der Waals surface area contributed by atoms with Crippen LogP contribution in [-0.2, 0) is 23.4 Å². The largest absolute Gasteiger partial charge is 0.462 e. The van der Waals surface area contributed by atoms with E-state index in [-0.39, 0.29) is 11.6 Å². The van der Waals surface area contributed by atoms with E-state index >= 15 is 0 Å². The molecule has 1 aliphatic heterocycles. The molecule has 0 radical (unpaired) electrons. The van der Waals surface area contributed by atoms with Crippen molar-refractivity contribution in [3.8, 4) is 5.75 Å². The van der Waals surface area contributed by atoms with E-state index in [9.17, 15) is 23.7 Å². The summed E-state index contributed by atoms with van der Waals surface area (Å²) in [6.45, 7) is 4.83. The average Bonchev–Trinajstić information content (AvgIpc) is 3.10. The highest BCUT2D eigenvalue weighted by atomic mass is 31.2. The van der Waals surface area contributed by atoms with Crippen LogP contribution in [0, 0.1) is 0 Å². The number of rotatable bonds is 11. The highest BCUT2D eigenvalue weighted by Crippen LogP contribution is 2.48. The van der Waals surface area contributed by atoms with Gasteiger partial charge in [0.15, 0.2) is 6.23 Å². The summed E-state index contributed by atoms with van der Waals surface area (Å²) in [5.41, 5.74) is 8.73. The Hall–Kier alpha value is -2.87. The van der Waals surface area contributed by atoms with Crippen molar-refractivity contribution in [2.45, 2.75) is 69.9 Å². The second-order valence-corrected chi connectivity index (χ2v) is 10.9. The predicted octanol–water partition coefficient (Wildman–Crippen LogP) is 1.27. The van der Waals surface area contributed by atoms with Crippen LogP contribution in [0.1, 0.15) is 33.9 Å². The van der Waals surface area contributed by atoms with Crippen LogP contribution >= 0.6 is 7.75 Å². The number of ether oxygens (including phenoxy) is 2. The summed E-state index contributed by atoms with van der Waals surface area (Å²) in [5.74, 6) is -0.628. The molecule has 7 atom stereocenters. The molecule has 3 rings (SSSR count). The Bertz CT molecular complexity index is 1220. The number of nitrogens with one attached hydrogen (secondary N) is 1. The molecule has 0 amide bonds. The summed E-state index contributed by atoms with van der Waals surface area (Å²) in [6, 6.07) is 8.18. The van der Waals surface area contributed by atoms with Gasteiger partial charge in [-0.05, 0) is 45.9 Å². The zero-order valence-electron chi connectivity index (χ0n) is 21.4. The monoisotopic (exact) mass is 557 g/mol. The highest BCUT2D eigenvalue weighted by Gasteiger charge is 2.58. The van der Waals surface area contributed by atoms with Gasteiger partial charge < -0.3 is 30.6 Å². The van der Waals surface area contributed by atoms with Crippen molar-refractivity contribution in [2.24, 2.45) is 5.73 Å². The lowest BCUT2D eigenvalue weighted by Gasteiger charge is -2.31. The van der Waals surface area contributed by atoms with Crippen molar-refractivity contribution < 1.29 is 37.4 Å². The molecule has 13 nitrogen and oxygen atoms in total. The lowest BCUT2D eigenvalue weighted by Crippen LogP contribution is -2.58. The minimum absolute atomic E-state index is 0.0731. The van der Waals surface area contributed by atoms with Crippen molar-refractivity contribution in [1.29, 1.82) is 0 Å². The first-order valence-corrected chi connectivity index (χ1v) is 13.4. The Labute approximate surface area is 218 Å². The average molecular weight is 558 g/mol. The molecule has 15 heteroatoms. The summed E-state index contributed by atoms with van der Waals surface area (Å²) in [4.78, 5) is 28.3. The van der Waals surface area contributed by atoms with Gasteiger partial charge in [-0.2, -0.15) is 10.1 Å². The third kappa shape index (κ3) is 6.57. The zero-order valence-corrected chi connectivity index (χ0v) is 22.3. The van der Waals surface area contributed by atoms with Crippen molar-refractivity contribution >= 4 is 19.5 Å². The molecular weight excluding hydrogens is 524 g/mol. The van der Waals surface area contributed by atoms with Crippen molar-refractivity contribution in [2.75, 3.05) is 12.4 Å². The standard InChI is InChI=1S/C23H33FN5O8P/c1-13(2)34-20(31)14(3)28-38(33,37-16-8-6-5-7-9-16)36-15(4)18-19(30)23(26,12-24)21(35-18)29-11-10-17(25)27-22(29)32/h5-11,13-15,18-19,21,30H,12,26H2,1-4H3,(H,28,33)(H2,25,27,32)/t14-,15-,18+,19?,21+,23+,38-/m0/s1. The van der Waals surface area contributed by atoms with Crippen LogP contribution in [0.15, 0.2) is 47.4 Å². The van der Waals surface area contributed by atoms with Gasteiger partial charge in [0.1, 0.15) is 42.0 Å². The molecule has 0 saturated carbocycles. The van der Waals surface area contributed by atoms with Gasteiger partial charge in [0, 0.05) is 6.20 Å². The Morgan fingerprint density at radius 1 is 1.29 bits per heavy atom. The van der Waals surface area contributed by atoms with Gasteiger partial charge >= 0.3 is 19.4 Å². The van der Waals surface area contributed by atoms with Crippen molar-refractivity contribution in [3.05, 3.63) is 53.1 Å². The number of hydrogen-bond acceptors (Lipinski definition) is 11. The zero-order chi connectivity index (χ0) is 28.3. The third-order valence-electron chi connectivity index (χ3n) is 5.74. The van der Waals surface area contributed by atoms with E-state index in [2.05, 4.69) is 10.1 Å². The predicted molar refractivity (Wildman–Crippen MR) is 135 cm³/mol. The number of anilines is 1. The first-order chi connectivity index (χ1) is 17.8. The number of aromatic nitrogens is 2. The van der Waals surface area contributed by atoms with E-state index in [1.807, 2.05) is 0 Å². The molecular formula is C23H33FN5O8P. The first-order valence-electron chi connectivity index (χ1n) is 11.8. The number of hydrogen-bond donors (Lipinski definition) is 4. The number of carbonyl (C=O) groups is 1. The Morgan fingerprint density at radius 3 is 2.53 bits per heavy atom. The maximum absolute atomic E-state index is 14.2. The van der Waals surface area contributed by atoms with Crippen LogP contribution in [0.3, 0.4) is 0 Å². The number of nitrogen functional groups attached to an aromatic ring is 1. The summed E-state index contributed by atoms with van der Waals surface area (Å²) in [7, 11) is -4.36. The fourth-order valence-corrected chi connectivity index (χ4v) is 5.54. The molecule has 210 valence electrons. The molecule has 2 heterocycles. The van der Waals surface area contributed by atoms with Crippen LogP contribution in [0.25, 0.3) is 0 Å². The Kier molecular flexibility index (Phi) is 9.29. The van der Waals surface area contributed by atoms with E-state index < -0.39 is 68.3 Å². The molecule has 1 aromatic carbocycles. The minimum atomic E-state index is -4.36. The second kappa shape index (κ2) is 11.9. The summed E-state index contributed by atoms with van der Waals surface area (Å²) in [5, 5.41) is 13.5. The quantitative estimate of drug-likeness (QED) is 0.229. The van der Waals surface area contributed by atoms with Crippen LogP contribution in [0.4, 0.5) is 10.2 Å². The first kappa shape index (κ1) is 29.7. The van der Waals surface area contributed by atoms with Crippen molar-refractivity contribution in [1.82, 2.24) is 14.6 Å². The van der Waals surface area contributed by atoms with Gasteiger partial charge in [0.2, 0.25) is 0 Å². The van der Waals surface area contributed by atoms with Gasteiger partial charge in [-0.15, -0.1) is 0 Å². The van der Waals surface area contributed by atoms with E-state index in [1.165, 1.54) is 38.2 Å². The topological polar surface area (TPSA) is 190 Å². The van der Waals surface area contributed by atoms with E-state index in [0.717, 1.165) is 4.57 Å². The molecule has 1 saturated heterocycles. The number of aliphatic hydroxyl groups excluding tert-OH is 1. The van der Waals surface area contributed by atoms with Crippen LogP contribution in [-0.4, -0.2) is 63.3 Å². The summed E-state index contributed by atoms with van der Waals surface area (Å²) in [6.07, 6.45) is -5.06. The Balaban J connectivity index is 1.88. The second-order valence-electron chi connectivity index (χ2n) is 9.23. The fourth-order valence-electron chi connectivity index (χ4n) is 3.84. The number of esters is 1. The molecule has 1 aliphatic rings. The maximum atomic E-state index is 14.2. The minimum Gasteiger partial charge on any atom is -0.462 e. The lowest BCUT2D eigenvalue weighted by atomic mass is 9.91. The maximum Gasteiger partial charge on any atom is 0.459 e. The molecule has 1 aromatic heterocycles. The highest BCUT2D eigenvalue weighted by molar-refractivity contribution is 7.52. The van der Waals surface area contributed by atoms with Crippen LogP contribution < -0.4 is 26.8 Å². The number of alkyl halides is 1. The summed E-state index contributed by atoms with van der Waals surface area (Å²) >= 11 is 0.